The molecule has 0 amide bonds. The average molecular weight is 246 g/mol. The summed E-state index contributed by atoms with van der Waals surface area (Å²) in [5.41, 5.74) is 4.76. The van der Waals surface area contributed by atoms with Gasteiger partial charge < -0.3 is 0 Å². The fourth-order valence-corrected chi connectivity index (χ4v) is 2.20. The number of nitrogens with zero attached hydrogens (tertiary/aromatic N) is 2. The van der Waals surface area contributed by atoms with Crippen molar-refractivity contribution in [2.24, 2.45) is 0 Å². The van der Waals surface area contributed by atoms with Gasteiger partial charge in [0.25, 0.3) is 0 Å². The van der Waals surface area contributed by atoms with Gasteiger partial charge in [0.05, 0.1) is 5.69 Å². The molecule has 0 radical (unpaired) electrons. The van der Waals surface area contributed by atoms with E-state index in [9.17, 15) is 0 Å². The van der Waals surface area contributed by atoms with E-state index in [-0.39, 0.29) is 0 Å². The highest BCUT2D eigenvalue weighted by Gasteiger charge is 2.05. The van der Waals surface area contributed by atoms with Crippen LogP contribution < -0.4 is 0 Å². The minimum atomic E-state index is 0.804. The predicted molar refractivity (Wildman–Crippen MR) is 76.7 cm³/mol. The first kappa shape index (κ1) is 11.6. The standard InChI is InChI=1S/C17H14N2/c1-2-7-14(8-3-1)17-11-5-4-9-15(17)13-16-10-6-12-18-19-16/h1-12H,13H2. The van der Waals surface area contributed by atoms with Crippen molar-refractivity contribution in [2.75, 3.05) is 0 Å². The van der Waals surface area contributed by atoms with Gasteiger partial charge in [0.2, 0.25) is 0 Å². The second kappa shape index (κ2) is 5.44. The molecule has 0 aliphatic rings. The molecule has 0 bridgehead atoms. The van der Waals surface area contributed by atoms with Crippen molar-refractivity contribution < 1.29 is 0 Å². The van der Waals surface area contributed by atoms with Crippen LogP contribution in [0.2, 0.25) is 0 Å². The molecule has 92 valence electrons. The van der Waals surface area contributed by atoms with Crippen LogP contribution in [0, 0.1) is 0 Å². The Morgan fingerprint density at radius 1 is 0.737 bits per heavy atom. The summed E-state index contributed by atoms with van der Waals surface area (Å²) < 4.78 is 0. The highest BCUT2D eigenvalue weighted by molar-refractivity contribution is 5.67. The quantitative estimate of drug-likeness (QED) is 0.703. The zero-order valence-electron chi connectivity index (χ0n) is 10.5. The molecule has 0 aliphatic heterocycles. The zero-order valence-corrected chi connectivity index (χ0v) is 10.5. The molecule has 2 heteroatoms. The molecule has 2 nitrogen and oxygen atoms in total. The Bertz CT molecular complexity index is 648. The van der Waals surface area contributed by atoms with Crippen LogP contribution >= 0.6 is 0 Å². The lowest BCUT2D eigenvalue weighted by Crippen LogP contribution is -1.95. The molecule has 0 fully saturated rings. The van der Waals surface area contributed by atoms with Crippen molar-refractivity contribution >= 4 is 0 Å². The summed E-state index contributed by atoms with van der Waals surface area (Å²) in [5, 5.41) is 8.09. The summed E-state index contributed by atoms with van der Waals surface area (Å²) in [6.45, 7) is 0. The minimum absolute atomic E-state index is 0.804. The topological polar surface area (TPSA) is 25.8 Å². The van der Waals surface area contributed by atoms with E-state index in [0.29, 0.717) is 0 Å². The van der Waals surface area contributed by atoms with Crippen LogP contribution in [-0.4, -0.2) is 10.2 Å². The highest BCUT2D eigenvalue weighted by Crippen LogP contribution is 2.24. The number of benzene rings is 2. The normalized spacial score (nSPS) is 10.3. The van der Waals surface area contributed by atoms with Crippen molar-refractivity contribution in [1.29, 1.82) is 0 Å². The van der Waals surface area contributed by atoms with E-state index < -0.39 is 0 Å². The first-order chi connectivity index (χ1) is 9.43. The molecular formula is C17H14N2. The monoisotopic (exact) mass is 246 g/mol. The molecule has 3 rings (SSSR count). The van der Waals surface area contributed by atoms with Gasteiger partial charge in [-0.15, -0.1) is 0 Å². The third kappa shape index (κ3) is 2.68. The summed E-state index contributed by atoms with van der Waals surface area (Å²) in [7, 11) is 0. The van der Waals surface area contributed by atoms with Crippen LogP contribution in [0.1, 0.15) is 11.3 Å². The van der Waals surface area contributed by atoms with E-state index in [2.05, 4.69) is 58.7 Å². The van der Waals surface area contributed by atoms with E-state index in [1.165, 1.54) is 16.7 Å². The van der Waals surface area contributed by atoms with E-state index in [1.54, 1.807) is 6.20 Å². The number of hydrogen-bond acceptors (Lipinski definition) is 2. The summed E-state index contributed by atoms with van der Waals surface area (Å²) in [6, 6.07) is 22.8. The van der Waals surface area contributed by atoms with E-state index >= 15 is 0 Å². The molecule has 0 aliphatic carbocycles. The predicted octanol–water partition coefficient (Wildman–Crippen LogP) is 3.73. The number of hydrogen-bond donors (Lipinski definition) is 0. The van der Waals surface area contributed by atoms with Gasteiger partial charge in [-0.05, 0) is 28.8 Å². The van der Waals surface area contributed by atoms with E-state index in [0.717, 1.165) is 12.1 Å². The van der Waals surface area contributed by atoms with Crippen molar-refractivity contribution in [1.82, 2.24) is 10.2 Å². The lowest BCUT2D eigenvalue weighted by Gasteiger charge is -2.09. The SMILES string of the molecule is c1ccc(-c2ccccc2Cc2cccnn2)cc1. The van der Waals surface area contributed by atoms with Gasteiger partial charge in [-0.1, -0.05) is 54.6 Å². The molecule has 0 spiro atoms. The summed E-state index contributed by atoms with van der Waals surface area (Å²) in [5.74, 6) is 0. The molecule has 0 unspecified atom stereocenters. The molecule has 0 N–H and O–H groups in total. The lowest BCUT2D eigenvalue weighted by atomic mass is 9.97. The van der Waals surface area contributed by atoms with Crippen molar-refractivity contribution in [3.05, 3.63) is 84.2 Å². The summed E-state index contributed by atoms with van der Waals surface area (Å²) >= 11 is 0. The van der Waals surface area contributed by atoms with Gasteiger partial charge in [0.1, 0.15) is 0 Å². The van der Waals surface area contributed by atoms with Gasteiger partial charge in [-0.2, -0.15) is 10.2 Å². The average Bonchev–Trinajstić information content (AvgIpc) is 2.50. The first-order valence-electron chi connectivity index (χ1n) is 6.33. The Morgan fingerprint density at radius 2 is 1.53 bits per heavy atom. The lowest BCUT2D eigenvalue weighted by molar-refractivity contribution is 0.937. The van der Waals surface area contributed by atoms with Gasteiger partial charge in [0.15, 0.2) is 0 Å². The van der Waals surface area contributed by atoms with Gasteiger partial charge in [-0.3, -0.25) is 0 Å². The molecule has 1 aromatic heterocycles. The third-order valence-electron chi connectivity index (χ3n) is 3.10. The maximum atomic E-state index is 4.16. The molecule has 2 aromatic carbocycles. The third-order valence-corrected chi connectivity index (χ3v) is 3.10. The highest BCUT2D eigenvalue weighted by atomic mass is 15.1. The van der Waals surface area contributed by atoms with Crippen LogP contribution in [0.3, 0.4) is 0 Å². The summed E-state index contributed by atoms with van der Waals surface area (Å²) in [6.07, 6.45) is 2.51. The zero-order chi connectivity index (χ0) is 12.9. The largest absolute Gasteiger partial charge is 0.159 e. The Morgan fingerprint density at radius 3 is 2.32 bits per heavy atom. The van der Waals surface area contributed by atoms with Crippen molar-refractivity contribution in [3.8, 4) is 11.1 Å². The van der Waals surface area contributed by atoms with Crippen molar-refractivity contribution in [3.63, 3.8) is 0 Å². The van der Waals surface area contributed by atoms with Crippen LogP contribution in [-0.2, 0) is 6.42 Å². The molecule has 1 heterocycles. The second-order valence-corrected chi connectivity index (χ2v) is 4.41. The molecular weight excluding hydrogens is 232 g/mol. The Balaban J connectivity index is 1.99. The Hall–Kier alpha value is -2.48. The smallest absolute Gasteiger partial charge is 0.0675 e. The summed E-state index contributed by atoms with van der Waals surface area (Å²) in [4.78, 5) is 0. The molecule has 0 saturated heterocycles. The second-order valence-electron chi connectivity index (χ2n) is 4.41. The Labute approximate surface area is 112 Å². The van der Waals surface area contributed by atoms with Crippen LogP contribution in [0.5, 0.6) is 0 Å². The fourth-order valence-electron chi connectivity index (χ4n) is 2.20. The fraction of sp³-hybridized carbons (Fsp3) is 0.0588. The Kier molecular flexibility index (Phi) is 3.32. The number of aromatic nitrogens is 2. The molecule has 0 saturated carbocycles. The first-order valence-corrected chi connectivity index (χ1v) is 6.33. The molecule has 19 heavy (non-hydrogen) atoms. The number of rotatable bonds is 3. The van der Waals surface area contributed by atoms with Gasteiger partial charge >= 0.3 is 0 Å². The minimum Gasteiger partial charge on any atom is -0.159 e. The van der Waals surface area contributed by atoms with Crippen LogP contribution in [0.4, 0.5) is 0 Å². The maximum absolute atomic E-state index is 4.16. The van der Waals surface area contributed by atoms with E-state index in [1.807, 2.05) is 18.2 Å². The van der Waals surface area contributed by atoms with Crippen molar-refractivity contribution in [2.45, 2.75) is 6.42 Å². The van der Waals surface area contributed by atoms with Crippen LogP contribution in [0.25, 0.3) is 11.1 Å². The van der Waals surface area contributed by atoms with E-state index in [4.69, 9.17) is 0 Å². The maximum Gasteiger partial charge on any atom is 0.0675 e. The van der Waals surface area contributed by atoms with Gasteiger partial charge in [-0.25, -0.2) is 0 Å². The van der Waals surface area contributed by atoms with Crippen LogP contribution in [0.15, 0.2) is 72.9 Å². The van der Waals surface area contributed by atoms with Gasteiger partial charge in [0, 0.05) is 12.6 Å². The molecule has 3 aromatic rings. The molecule has 0 atom stereocenters.